The largest absolute Gasteiger partial charge is 0.299 e. The van der Waals surface area contributed by atoms with Crippen LogP contribution in [0, 0.1) is 12.8 Å². The lowest BCUT2D eigenvalue weighted by Crippen LogP contribution is -2.09. The molecular formula is C12H18N2O. The summed E-state index contributed by atoms with van der Waals surface area (Å²) in [5.74, 6) is 1.06. The van der Waals surface area contributed by atoms with Crippen LogP contribution >= 0.6 is 0 Å². The number of carbonyl (C=O) groups excluding carboxylic acids is 1. The number of Topliss-reactive ketones (excluding diaryl/α,β-unsaturated/α-hetero) is 1. The molecule has 15 heavy (non-hydrogen) atoms. The highest BCUT2D eigenvalue weighted by Gasteiger charge is 2.24. The topological polar surface area (TPSA) is 34.9 Å². The molecule has 0 radical (unpaired) electrons. The van der Waals surface area contributed by atoms with E-state index in [-0.39, 0.29) is 0 Å². The maximum Gasteiger partial charge on any atom is 0.139 e. The Kier molecular flexibility index (Phi) is 2.89. The summed E-state index contributed by atoms with van der Waals surface area (Å²) in [6, 6.07) is 2.02. The molecule has 2 rings (SSSR count). The highest BCUT2D eigenvalue weighted by molar-refractivity contribution is 5.81. The van der Waals surface area contributed by atoms with Gasteiger partial charge in [0.05, 0.1) is 5.69 Å². The van der Waals surface area contributed by atoms with Gasteiger partial charge in [0, 0.05) is 25.1 Å². The maximum absolute atomic E-state index is 11.7. The van der Waals surface area contributed by atoms with Gasteiger partial charge in [-0.3, -0.25) is 9.48 Å². The number of aryl methyl sites for hydroxylation is 2. The number of nitrogens with zero attached hydrogens (tertiary/aromatic N) is 2. The lowest BCUT2D eigenvalue weighted by Gasteiger charge is -2.03. The van der Waals surface area contributed by atoms with Crippen LogP contribution in [0.3, 0.4) is 0 Å². The van der Waals surface area contributed by atoms with Crippen LogP contribution in [0.4, 0.5) is 0 Å². The Morgan fingerprint density at radius 2 is 2.33 bits per heavy atom. The zero-order valence-corrected chi connectivity index (χ0v) is 9.49. The molecule has 1 aromatic rings. The predicted octanol–water partition coefficient (Wildman–Crippen LogP) is 2.12. The van der Waals surface area contributed by atoms with Crippen LogP contribution in [0.15, 0.2) is 6.07 Å². The van der Waals surface area contributed by atoms with Crippen molar-refractivity contribution >= 4 is 5.78 Å². The Labute approximate surface area is 90.5 Å². The minimum atomic E-state index is 0.368. The number of ketones is 1. The van der Waals surface area contributed by atoms with Crippen molar-refractivity contribution in [1.29, 1.82) is 0 Å². The summed E-state index contributed by atoms with van der Waals surface area (Å²) in [6.07, 6.45) is 3.83. The Balaban J connectivity index is 1.98. The zero-order chi connectivity index (χ0) is 10.8. The van der Waals surface area contributed by atoms with Gasteiger partial charge in [-0.1, -0.05) is 0 Å². The van der Waals surface area contributed by atoms with Crippen molar-refractivity contribution in [2.24, 2.45) is 5.92 Å². The van der Waals surface area contributed by atoms with Crippen molar-refractivity contribution in [2.45, 2.75) is 46.1 Å². The standard InChI is InChI=1S/C12H18N2O/c1-3-14-11(6-9(2)13-14)8-12(15)7-10-4-5-10/h6,10H,3-5,7-8H2,1-2H3. The quantitative estimate of drug-likeness (QED) is 0.739. The van der Waals surface area contributed by atoms with E-state index >= 15 is 0 Å². The summed E-state index contributed by atoms with van der Waals surface area (Å²) < 4.78 is 1.93. The molecule has 0 amide bonds. The van der Waals surface area contributed by atoms with Crippen molar-refractivity contribution in [3.63, 3.8) is 0 Å². The maximum atomic E-state index is 11.7. The minimum absolute atomic E-state index is 0.368. The molecule has 0 unspecified atom stereocenters. The molecule has 1 aliphatic rings. The molecule has 1 heterocycles. The van der Waals surface area contributed by atoms with Crippen molar-refractivity contribution < 1.29 is 4.79 Å². The van der Waals surface area contributed by atoms with E-state index < -0.39 is 0 Å². The van der Waals surface area contributed by atoms with Crippen molar-refractivity contribution in [3.05, 3.63) is 17.5 Å². The molecule has 0 bridgehead atoms. The summed E-state index contributed by atoms with van der Waals surface area (Å²) in [4.78, 5) is 11.7. The SMILES string of the molecule is CCn1nc(C)cc1CC(=O)CC1CC1. The highest BCUT2D eigenvalue weighted by Crippen LogP contribution is 2.32. The molecule has 82 valence electrons. The molecule has 0 N–H and O–H groups in total. The summed E-state index contributed by atoms with van der Waals surface area (Å²) in [5.41, 5.74) is 2.08. The third kappa shape index (κ3) is 2.67. The van der Waals surface area contributed by atoms with E-state index in [1.54, 1.807) is 0 Å². The number of rotatable bonds is 5. The summed E-state index contributed by atoms with van der Waals surface area (Å²) >= 11 is 0. The minimum Gasteiger partial charge on any atom is -0.299 e. The van der Waals surface area contributed by atoms with Crippen LogP contribution in [-0.2, 0) is 17.8 Å². The van der Waals surface area contributed by atoms with Crippen LogP contribution in [0.2, 0.25) is 0 Å². The van der Waals surface area contributed by atoms with Gasteiger partial charge in [0.15, 0.2) is 0 Å². The molecule has 1 saturated carbocycles. The Bertz CT molecular complexity index is 364. The van der Waals surface area contributed by atoms with Crippen LogP contribution in [0.5, 0.6) is 0 Å². The van der Waals surface area contributed by atoms with Gasteiger partial charge in [0.1, 0.15) is 5.78 Å². The zero-order valence-electron chi connectivity index (χ0n) is 9.49. The Morgan fingerprint density at radius 3 is 2.93 bits per heavy atom. The fourth-order valence-electron chi connectivity index (χ4n) is 1.93. The van der Waals surface area contributed by atoms with Crippen LogP contribution in [-0.4, -0.2) is 15.6 Å². The number of aromatic nitrogens is 2. The predicted molar refractivity (Wildman–Crippen MR) is 58.7 cm³/mol. The molecule has 3 heteroatoms. The van der Waals surface area contributed by atoms with Crippen LogP contribution < -0.4 is 0 Å². The van der Waals surface area contributed by atoms with Gasteiger partial charge in [0.2, 0.25) is 0 Å². The lowest BCUT2D eigenvalue weighted by molar-refractivity contribution is -0.118. The summed E-state index contributed by atoms with van der Waals surface area (Å²) in [6.45, 7) is 4.88. The molecule has 1 aliphatic carbocycles. The van der Waals surface area contributed by atoms with E-state index in [1.807, 2.05) is 17.7 Å². The smallest absolute Gasteiger partial charge is 0.139 e. The fourth-order valence-corrected chi connectivity index (χ4v) is 1.93. The third-order valence-electron chi connectivity index (χ3n) is 2.88. The first-order chi connectivity index (χ1) is 7.19. The average molecular weight is 206 g/mol. The highest BCUT2D eigenvalue weighted by atomic mass is 16.1. The van der Waals surface area contributed by atoms with Crippen molar-refractivity contribution in [1.82, 2.24) is 9.78 Å². The number of carbonyl (C=O) groups is 1. The average Bonchev–Trinajstić information content (AvgIpc) is 2.90. The van der Waals surface area contributed by atoms with Crippen LogP contribution in [0.1, 0.15) is 37.6 Å². The second-order valence-corrected chi connectivity index (χ2v) is 4.46. The molecule has 1 aromatic heterocycles. The van der Waals surface area contributed by atoms with Crippen molar-refractivity contribution in [2.75, 3.05) is 0 Å². The van der Waals surface area contributed by atoms with E-state index in [2.05, 4.69) is 12.0 Å². The van der Waals surface area contributed by atoms with Gasteiger partial charge in [0.25, 0.3) is 0 Å². The molecular weight excluding hydrogens is 188 g/mol. The van der Waals surface area contributed by atoms with Gasteiger partial charge in [-0.15, -0.1) is 0 Å². The van der Waals surface area contributed by atoms with Gasteiger partial charge < -0.3 is 0 Å². The van der Waals surface area contributed by atoms with Gasteiger partial charge in [-0.2, -0.15) is 5.10 Å². The molecule has 0 aliphatic heterocycles. The monoisotopic (exact) mass is 206 g/mol. The molecule has 1 fully saturated rings. The molecule has 0 aromatic carbocycles. The second kappa shape index (κ2) is 4.17. The molecule has 0 saturated heterocycles. The fraction of sp³-hybridized carbons (Fsp3) is 0.667. The number of hydrogen-bond donors (Lipinski definition) is 0. The molecule has 0 atom stereocenters. The summed E-state index contributed by atoms with van der Waals surface area (Å²) in [5, 5.41) is 4.34. The first-order valence-electron chi connectivity index (χ1n) is 5.74. The Morgan fingerprint density at radius 1 is 1.60 bits per heavy atom. The normalized spacial score (nSPS) is 15.6. The first-order valence-corrected chi connectivity index (χ1v) is 5.74. The van der Waals surface area contributed by atoms with E-state index in [4.69, 9.17) is 0 Å². The van der Waals surface area contributed by atoms with E-state index in [1.165, 1.54) is 12.8 Å². The molecule has 0 spiro atoms. The van der Waals surface area contributed by atoms with E-state index in [0.29, 0.717) is 18.1 Å². The molecule has 3 nitrogen and oxygen atoms in total. The first kappa shape index (κ1) is 10.4. The Hall–Kier alpha value is -1.12. The summed E-state index contributed by atoms with van der Waals surface area (Å²) in [7, 11) is 0. The second-order valence-electron chi connectivity index (χ2n) is 4.46. The third-order valence-corrected chi connectivity index (χ3v) is 2.88. The van der Waals surface area contributed by atoms with Gasteiger partial charge >= 0.3 is 0 Å². The van der Waals surface area contributed by atoms with E-state index in [9.17, 15) is 4.79 Å². The van der Waals surface area contributed by atoms with Crippen LogP contribution in [0.25, 0.3) is 0 Å². The van der Waals surface area contributed by atoms with Gasteiger partial charge in [-0.05, 0) is 38.7 Å². The van der Waals surface area contributed by atoms with Crippen molar-refractivity contribution in [3.8, 4) is 0 Å². The lowest BCUT2D eigenvalue weighted by atomic mass is 10.1. The van der Waals surface area contributed by atoms with Gasteiger partial charge in [-0.25, -0.2) is 0 Å². The van der Waals surface area contributed by atoms with E-state index in [0.717, 1.165) is 24.4 Å². The number of hydrogen-bond acceptors (Lipinski definition) is 2.